The summed E-state index contributed by atoms with van der Waals surface area (Å²) in [5, 5.41) is 6.82. The van der Waals surface area contributed by atoms with Crippen LogP contribution in [0.5, 0.6) is 5.75 Å². The van der Waals surface area contributed by atoms with Gasteiger partial charge in [-0.1, -0.05) is 12.1 Å². The van der Waals surface area contributed by atoms with E-state index in [-0.39, 0.29) is 24.0 Å². The van der Waals surface area contributed by atoms with Crippen LogP contribution in [0.1, 0.15) is 30.4 Å². The van der Waals surface area contributed by atoms with Crippen LogP contribution in [0.25, 0.3) is 0 Å². The fourth-order valence-electron chi connectivity index (χ4n) is 3.17. The number of rotatable bonds is 14. The summed E-state index contributed by atoms with van der Waals surface area (Å²) in [7, 11) is 5.27. The first-order chi connectivity index (χ1) is 14.2. The standard InChI is InChI=1S/C22H38N4O3.HI/c1-18-6-7-19(21(16-18)29-14-5-13-27-3)17-25-22(23-2)24-10-11-26(12-15-28-4)20-8-9-20;/h6-7,16,20H,5,8-15,17H2,1-4H3,(H2,23,24,25);1H. The first kappa shape index (κ1) is 26.9. The molecule has 1 aromatic carbocycles. The number of guanidine groups is 1. The van der Waals surface area contributed by atoms with Crippen LogP contribution in [0.2, 0.25) is 0 Å². The third-order valence-corrected chi connectivity index (χ3v) is 4.98. The predicted molar refractivity (Wildman–Crippen MR) is 133 cm³/mol. The van der Waals surface area contributed by atoms with Gasteiger partial charge in [0.25, 0.3) is 0 Å². The molecule has 0 bridgehead atoms. The highest BCUT2D eigenvalue weighted by Crippen LogP contribution is 2.26. The van der Waals surface area contributed by atoms with Crippen molar-refractivity contribution in [2.75, 3.05) is 60.7 Å². The summed E-state index contributed by atoms with van der Waals surface area (Å²) >= 11 is 0. The van der Waals surface area contributed by atoms with Crippen LogP contribution in [0.3, 0.4) is 0 Å². The van der Waals surface area contributed by atoms with E-state index in [1.165, 1.54) is 18.4 Å². The van der Waals surface area contributed by atoms with Gasteiger partial charge < -0.3 is 24.8 Å². The monoisotopic (exact) mass is 534 g/mol. The molecule has 0 heterocycles. The van der Waals surface area contributed by atoms with E-state index in [0.29, 0.717) is 19.8 Å². The van der Waals surface area contributed by atoms with Gasteiger partial charge in [0.1, 0.15) is 5.75 Å². The van der Waals surface area contributed by atoms with Crippen molar-refractivity contribution in [3.05, 3.63) is 29.3 Å². The summed E-state index contributed by atoms with van der Waals surface area (Å²) in [6.07, 6.45) is 3.48. The lowest BCUT2D eigenvalue weighted by molar-refractivity contribution is 0.144. The zero-order valence-electron chi connectivity index (χ0n) is 18.9. The van der Waals surface area contributed by atoms with Crippen molar-refractivity contribution >= 4 is 29.9 Å². The quantitative estimate of drug-likeness (QED) is 0.166. The summed E-state index contributed by atoms with van der Waals surface area (Å²) in [6.45, 7) is 7.71. The molecule has 1 aliphatic rings. The number of hydrogen-bond acceptors (Lipinski definition) is 5. The number of aryl methyl sites for hydroxylation is 1. The molecular formula is C22H39IN4O3. The van der Waals surface area contributed by atoms with Crippen LogP contribution < -0.4 is 15.4 Å². The van der Waals surface area contributed by atoms with Crippen LogP contribution in [0.15, 0.2) is 23.2 Å². The Hall–Kier alpha value is -1.10. The Morgan fingerprint density at radius 1 is 1.10 bits per heavy atom. The van der Waals surface area contributed by atoms with Crippen LogP contribution >= 0.6 is 24.0 Å². The summed E-state index contributed by atoms with van der Waals surface area (Å²) in [4.78, 5) is 6.85. The normalized spacial score (nSPS) is 13.8. The Labute approximate surface area is 199 Å². The predicted octanol–water partition coefficient (Wildman–Crippen LogP) is 2.80. The van der Waals surface area contributed by atoms with E-state index in [2.05, 4.69) is 45.6 Å². The second-order valence-corrected chi connectivity index (χ2v) is 7.42. The highest BCUT2D eigenvalue weighted by atomic mass is 127. The number of methoxy groups -OCH3 is 2. The molecule has 0 atom stereocenters. The van der Waals surface area contributed by atoms with Crippen molar-refractivity contribution in [3.63, 3.8) is 0 Å². The van der Waals surface area contributed by atoms with Gasteiger partial charge >= 0.3 is 0 Å². The van der Waals surface area contributed by atoms with Crippen LogP contribution in [-0.4, -0.2) is 77.6 Å². The Morgan fingerprint density at radius 3 is 2.53 bits per heavy atom. The molecule has 1 saturated carbocycles. The van der Waals surface area contributed by atoms with E-state index < -0.39 is 0 Å². The number of aliphatic imine (C=N–C) groups is 1. The second kappa shape index (κ2) is 15.7. The topological polar surface area (TPSA) is 67.4 Å². The maximum Gasteiger partial charge on any atom is 0.191 e. The van der Waals surface area contributed by atoms with Gasteiger partial charge in [-0.25, -0.2) is 0 Å². The molecule has 0 aromatic heterocycles. The molecule has 1 fully saturated rings. The number of nitrogens with zero attached hydrogens (tertiary/aromatic N) is 2. The minimum Gasteiger partial charge on any atom is -0.493 e. The lowest BCUT2D eigenvalue weighted by atomic mass is 10.1. The second-order valence-electron chi connectivity index (χ2n) is 7.42. The Morgan fingerprint density at radius 2 is 1.87 bits per heavy atom. The van der Waals surface area contributed by atoms with Gasteiger partial charge in [0.15, 0.2) is 5.96 Å². The van der Waals surface area contributed by atoms with Gasteiger partial charge in [0.05, 0.1) is 13.2 Å². The zero-order valence-corrected chi connectivity index (χ0v) is 21.2. The van der Waals surface area contributed by atoms with Crippen molar-refractivity contribution in [1.82, 2.24) is 15.5 Å². The molecule has 172 valence electrons. The van der Waals surface area contributed by atoms with E-state index in [0.717, 1.165) is 56.0 Å². The molecule has 8 heteroatoms. The molecule has 0 amide bonds. The smallest absolute Gasteiger partial charge is 0.191 e. The molecule has 2 N–H and O–H groups in total. The van der Waals surface area contributed by atoms with E-state index in [9.17, 15) is 0 Å². The van der Waals surface area contributed by atoms with Crippen molar-refractivity contribution < 1.29 is 14.2 Å². The molecule has 0 saturated heterocycles. The molecule has 0 radical (unpaired) electrons. The largest absolute Gasteiger partial charge is 0.493 e. The van der Waals surface area contributed by atoms with E-state index in [1.807, 2.05) is 0 Å². The highest BCUT2D eigenvalue weighted by Gasteiger charge is 2.28. The first-order valence-corrected chi connectivity index (χ1v) is 10.6. The van der Waals surface area contributed by atoms with E-state index in [1.54, 1.807) is 21.3 Å². The maximum atomic E-state index is 5.97. The molecule has 0 spiro atoms. The molecule has 0 unspecified atom stereocenters. The number of ether oxygens (including phenoxy) is 3. The Kier molecular flexibility index (Phi) is 14.1. The molecule has 30 heavy (non-hydrogen) atoms. The molecule has 1 aromatic rings. The highest BCUT2D eigenvalue weighted by molar-refractivity contribution is 14.0. The minimum atomic E-state index is 0. The van der Waals surface area contributed by atoms with Gasteiger partial charge in [-0.2, -0.15) is 0 Å². The van der Waals surface area contributed by atoms with Crippen molar-refractivity contribution in [2.24, 2.45) is 4.99 Å². The van der Waals surface area contributed by atoms with Crippen molar-refractivity contribution in [1.29, 1.82) is 0 Å². The van der Waals surface area contributed by atoms with E-state index in [4.69, 9.17) is 14.2 Å². The van der Waals surface area contributed by atoms with Gasteiger partial charge in [-0.3, -0.25) is 9.89 Å². The Bertz CT molecular complexity index is 626. The molecule has 2 rings (SSSR count). The third-order valence-electron chi connectivity index (χ3n) is 4.98. The lowest BCUT2D eigenvalue weighted by Gasteiger charge is -2.22. The average molecular weight is 534 g/mol. The zero-order chi connectivity index (χ0) is 20.9. The SMILES string of the molecule is CN=C(NCCN(CCOC)C1CC1)NCc1ccc(C)cc1OCCCOC.I. The van der Waals surface area contributed by atoms with Crippen molar-refractivity contribution in [3.8, 4) is 5.75 Å². The number of nitrogens with one attached hydrogen (secondary N) is 2. The van der Waals surface area contributed by atoms with Crippen LogP contribution in [0, 0.1) is 6.92 Å². The van der Waals surface area contributed by atoms with Crippen LogP contribution in [-0.2, 0) is 16.0 Å². The van der Waals surface area contributed by atoms with Crippen molar-refractivity contribution in [2.45, 2.75) is 38.8 Å². The summed E-state index contributed by atoms with van der Waals surface area (Å²) in [5.41, 5.74) is 2.31. The number of halogens is 1. The van der Waals surface area contributed by atoms with Gasteiger partial charge in [0, 0.05) is 72.1 Å². The number of benzene rings is 1. The van der Waals surface area contributed by atoms with Gasteiger partial charge in [0.2, 0.25) is 0 Å². The first-order valence-electron chi connectivity index (χ1n) is 10.6. The molecular weight excluding hydrogens is 495 g/mol. The van der Waals surface area contributed by atoms with Gasteiger partial charge in [-0.15, -0.1) is 24.0 Å². The fourth-order valence-corrected chi connectivity index (χ4v) is 3.17. The minimum absolute atomic E-state index is 0. The number of hydrogen-bond donors (Lipinski definition) is 2. The molecule has 0 aliphatic heterocycles. The van der Waals surface area contributed by atoms with E-state index >= 15 is 0 Å². The summed E-state index contributed by atoms with van der Waals surface area (Å²) in [6, 6.07) is 7.04. The third kappa shape index (κ3) is 10.3. The maximum absolute atomic E-state index is 5.97. The van der Waals surface area contributed by atoms with Gasteiger partial charge in [-0.05, 0) is 31.4 Å². The molecule has 1 aliphatic carbocycles. The lowest BCUT2D eigenvalue weighted by Crippen LogP contribution is -2.42. The fraction of sp³-hybridized carbons (Fsp3) is 0.682. The Balaban J connectivity index is 0.00000450. The van der Waals surface area contributed by atoms with Crippen LogP contribution in [0.4, 0.5) is 0 Å². The average Bonchev–Trinajstić information content (AvgIpc) is 3.56. The summed E-state index contributed by atoms with van der Waals surface area (Å²) < 4.78 is 16.3. The summed E-state index contributed by atoms with van der Waals surface area (Å²) in [5.74, 6) is 1.72. The molecule has 7 nitrogen and oxygen atoms in total.